The summed E-state index contributed by atoms with van der Waals surface area (Å²) in [4.78, 5) is 16.3. The fraction of sp³-hybridized carbons (Fsp3) is 0.929. The molecular formula is C28H48Br4N4O4. The Bertz CT molecular complexity index is 753. The number of hydrogen-bond donors (Lipinski definition) is 3. The molecule has 4 atom stereocenters. The van der Waals surface area contributed by atoms with Gasteiger partial charge in [0.25, 0.3) is 5.91 Å². The van der Waals surface area contributed by atoms with Crippen molar-refractivity contribution in [3.05, 3.63) is 0 Å². The van der Waals surface area contributed by atoms with E-state index in [2.05, 4.69) is 79.1 Å². The molecule has 4 unspecified atom stereocenters. The molecule has 4 N–H and O–H groups in total. The Labute approximate surface area is 274 Å². The van der Waals surface area contributed by atoms with Gasteiger partial charge in [-0.05, 0) is 89.3 Å². The van der Waals surface area contributed by atoms with Crippen LogP contribution in [0.1, 0.15) is 70.6 Å². The Hall–Kier alpha value is 0.700. The predicted molar refractivity (Wildman–Crippen MR) is 176 cm³/mol. The van der Waals surface area contributed by atoms with Crippen LogP contribution in [-0.4, -0.2) is 99.2 Å². The number of likely N-dealkylation sites (tertiary alicyclic amines) is 1. The summed E-state index contributed by atoms with van der Waals surface area (Å²) >= 11 is 15.3. The fourth-order valence-corrected chi connectivity index (χ4v) is 11.2. The van der Waals surface area contributed by atoms with E-state index in [4.69, 9.17) is 15.2 Å². The largest absolute Gasteiger partial charge is 0.410 e. The van der Waals surface area contributed by atoms with Gasteiger partial charge in [-0.15, -0.1) is 0 Å². The average molecular weight is 824 g/mol. The van der Waals surface area contributed by atoms with Gasteiger partial charge in [-0.1, -0.05) is 75.3 Å². The monoisotopic (exact) mass is 820 g/mol. The lowest BCUT2D eigenvalue weighted by Gasteiger charge is -2.37. The number of halogens is 4. The molecule has 0 aromatic rings. The lowest BCUT2D eigenvalue weighted by atomic mass is 9.83. The van der Waals surface area contributed by atoms with Gasteiger partial charge >= 0.3 is 0 Å². The Morgan fingerprint density at radius 3 is 1.98 bits per heavy atom. The van der Waals surface area contributed by atoms with Crippen molar-refractivity contribution >= 4 is 75.3 Å². The second-order valence-electron chi connectivity index (χ2n) is 11.6. The van der Waals surface area contributed by atoms with Crippen molar-refractivity contribution in [2.75, 3.05) is 45.9 Å². The number of ether oxygens (including phenoxy) is 2. The molecule has 0 aromatic carbocycles. The van der Waals surface area contributed by atoms with Crippen LogP contribution in [-0.2, 0) is 14.3 Å². The van der Waals surface area contributed by atoms with Crippen LogP contribution in [0.4, 0.5) is 0 Å². The van der Waals surface area contributed by atoms with Crippen LogP contribution in [0.25, 0.3) is 0 Å². The molecule has 232 valence electrons. The maximum atomic E-state index is 12.8. The van der Waals surface area contributed by atoms with Crippen LogP contribution in [0, 0.1) is 11.8 Å². The summed E-state index contributed by atoms with van der Waals surface area (Å²) < 4.78 is 12.3. The van der Waals surface area contributed by atoms with Gasteiger partial charge in [-0.2, -0.15) is 0 Å². The standard InChI is InChI=1S/C28H48Br4N4O4/c29-21-14-19(15-22(30)26(21)40-13-5-11-36-9-2-1-3-10-36)6-8-34-28(37)25(35-38)18-20-16-23(31)27(24(32)17-20)39-12-4-7-33/h19-24,26-27,38H,1-18,33H2,(H,34,37). The van der Waals surface area contributed by atoms with E-state index in [-0.39, 0.29) is 39.4 Å². The first kappa shape index (κ1) is 35.2. The van der Waals surface area contributed by atoms with E-state index in [0.717, 1.165) is 58.1 Å². The summed E-state index contributed by atoms with van der Waals surface area (Å²) in [5, 5.41) is 16.0. The van der Waals surface area contributed by atoms with Gasteiger partial charge in [0.05, 0.1) is 12.2 Å². The molecule has 12 heteroatoms. The molecule has 0 spiro atoms. The zero-order valence-electron chi connectivity index (χ0n) is 23.5. The molecule has 8 nitrogen and oxygen atoms in total. The molecule has 3 rings (SSSR count). The molecule has 1 heterocycles. The number of oxime groups is 1. The molecule has 0 bridgehead atoms. The number of rotatable bonds is 15. The van der Waals surface area contributed by atoms with Crippen LogP contribution in [0.5, 0.6) is 0 Å². The fourth-order valence-electron chi connectivity index (χ4n) is 6.21. The summed E-state index contributed by atoms with van der Waals surface area (Å²) in [6.07, 6.45) is 11.2. The van der Waals surface area contributed by atoms with Crippen molar-refractivity contribution in [1.82, 2.24) is 10.2 Å². The Balaban J connectivity index is 1.33. The highest BCUT2D eigenvalue weighted by Gasteiger charge is 2.38. The minimum atomic E-state index is -0.280. The maximum absolute atomic E-state index is 12.8. The maximum Gasteiger partial charge on any atom is 0.269 e. The molecule has 1 amide bonds. The molecule has 2 saturated carbocycles. The van der Waals surface area contributed by atoms with Crippen LogP contribution in [0.2, 0.25) is 0 Å². The highest BCUT2D eigenvalue weighted by atomic mass is 79.9. The highest BCUT2D eigenvalue weighted by molar-refractivity contribution is 9.10. The molecule has 3 aliphatic rings. The first-order valence-corrected chi connectivity index (χ1v) is 18.7. The summed E-state index contributed by atoms with van der Waals surface area (Å²) in [6, 6.07) is 0. The normalized spacial score (nSPS) is 34.1. The number of nitrogens with one attached hydrogen (secondary N) is 1. The van der Waals surface area contributed by atoms with Crippen molar-refractivity contribution < 1.29 is 19.5 Å². The number of nitrogens with two attached hydrogens (primary N) is 1. The molecular weight excluding hydrogens is 776 g/mol. The molecule has 0 radical (unpaired) electrons. The summed E-state index contributed by atoms with van der Waals surface area (Å²) in [7, 11) is 0. The van der Waals surface area contributed by atoms with E-state index < -0.39 is 0 Å². The zero-order valence-corrected chi connectivity index (χ0v) is 29.8. The summed E-state index contributed by atoms with van der Waals surface area (Å²) in [5.41, 5.74) is 5.78. The molecule has 1 aliphatic heterocycles. The van der Waals surface area contributed by atoms with Gasteiger partial charge in [-0.25, -0.2) is 0 Å². The minimum Gasteiger partial charge on any atom is -0.410 e. The van der Waals surface area contributed by atoms with Crippen molar-refractivity contribution in [2.45, 2.75) is 102 Å². The summed E-state index contributed by atoms with van der Waals surface area (Å²) in [6.45, 7) is 6.21. The average Bonchev–Trinajstić information content (AvgIpc) is 2.93. The topological polar surface area (TPSA) is 109 Å². The second-order valence-corrected chi connectivity index (χ2v) is 16.3. The minimum absolute atomic E-state index is 0.0581. The van der Waals surface area contributed by atoms with Gasteiger partial charge in [0.2, 0.25) is 0 Å². The van der Waals surface area contributed by atoms with E-state index in [1.165, 1.54) is 32.4 Å². The molecule has 2 aliphatic carbocycles. The molecule has 40 heavy (non-hydrogen) atoms. The third-order valence-electron chi connectivity index (χ3n) is 8.40. The van der Waals surface area contributed by atoms with Gasteiger partial charge in [0.15, 0.2) is 0 Å². The lowest BCUT2D eigenvalue weighted by molar-refractivity contribution is -0.115. The number of nitrogens with zero attached hydrogens (tertiary/aromatic N) is 2. The number of hydrogen-bond acceptors (Lipinski definition) is 7. The Morgan fingerprint density at radius 1 is 0.875 bits per heavy atom. The molecule has 1 saturated heterocycles. The highest BCUT2D eigenvalue weighted by Crippen LogP contribution is 2.38. The number of alkyl halides is 4. The van der Waals surface area contributed by atoms with E-state index >= 15 is 0 Å². The first-order valence-electron chi connectivity index (χ1n) is 15.0. The van der Waals surface area contributed by atoms with E-state index in [9.17, 15) is 10.0 Å². The number of carbonyl (C=O) groups is 1. The van der Waals surface area contributed by atoms with Gasteiger partial charge in [-0.3, -0.25) is 4.79 Å². The van der Waals surface area contributed by atoms with Gasteiger partial charge in [0.1, 0.15) is 5.71 Å². The van der Waals surface area contributed by atoms with Crippen LogP contribution >= 0.6 is 63.7 Å². The Kier molecular flexibility index (Phi) is 16.9. The van der Waals surface area contributed by atoms with Crippen LogP contribution in [0.15, 0.2) is 5.16 Å². The third kappa shape index (κ3) is 11.7. The van der Waals surface area contributed by atoms with Crippen molar-refractivity contribution in [3.63, 3.8) is 0 Å². The van der Waals surface area contributed by atoms with Crippen LogP contribution < -0.4 is 11.1 Å². The number of amides is 1. The van der Waals surface area contributed by atoms with Crippen molar-refractivity contribution in [3.8, 4) is 0 Å². The van der Waals surface area contributed by atoms with Crippen molar-refractivity contribution in [1.29, 1.82) is 0 Å². The third-order valence-corrected chi connectivity index (χ3v) is 12.0. The van der Waals surface area contributed by atoms with E-state index in [1.807, 2.05) is 0 Å². The van der Waals surface area contributed by atoms with Gasteiger partial charge < -0.3 is 30.6 Å². The van der Waals surface area contributed by atoms with Crippen molar-refractivity contribution in [2.24, 2.45) is 22.7 Å². The Morgan fingerprint density at radius 2 is 1.43 bits per heavy atom. The smallest absolute Gasteiger partial charge is 0.269 e. The number of carbonyl (C=O) groups excluding carboxylic acids is 1. The predicted octanol–water partition coefficient (Wildman–Crippen LogP) is 5.58. The lowest BCUT2D eigenvalue weighted by Crippen LogP contribution is -2.43. The van der Waals surface area contributed by atoms with E-state index in [0.29, 0.717) is 41.7 Å². The first-order chi connectivity index (χ1) is 19.3. The number of piperidine rings is 1. The quantitative estimate of drug-likeness (QED) is 0.0655. The van der Waals surface area contributed by atoms with Crippen LogP contribution in [0.3, 0.4) is 0 Å². The SMILES string of the molecule is NCCCOC1C(Br)CC(CC(=NO)C(=O)NCCC2CC(Br)C(OCCCN3CCCCC3)C(Br)C2)CC1Br. The van der Waals surface area contributed by atoms with Gasteiger partial charge in [0, 0.05) is 52.0 Å². The second kappa shape index (κ2) is 19.2. The zero-order chi connectivity index (χ0) is 28.9. The van der Waals surface area contributed by atoms with E-state index in [1.54, 1.807) is 0 Å². The molecule has 3 fully saturated rings. The molecule has 0 aromatic heterocycles. The summed E-state index contributed by atoms with van der Waals surface area (Å²) in [5.74, 6) is 0.422.